The summed E-state index contributed by atoms with van der Waals surface area (Å²) in [5, 5.41) is 10.3. The molecule has 164 valence electrons. The van der Waals surface area contributed by atoms with Crippen molar-refractivity contribution in [1.29, 1.82) is 0 Å². The Morgan fingerprint density at radius 3 is 2.52 bits per heavy atom. The molecule has 0 radical (unpaired) electrons. The molecule has 0 saturated carbocycles. The second kappa shape index (κ2) is 11.4. The van der Waals surface area contributed by atoms with Crippen LogP contribution < -0.4 is 9.47 Å². The largest absolute Gasteiger partial charge is 0.493 e. The highest BCUT2D eigenvalue weighted by Crippen LogP contribution is 2.29. The van der Waals surface area contributed by atoms with Crippen LogP contribution in [0.3, 0.4) is 0 Å². The Hall–Kier alpha value is -1.83. The summed E-state index contributed by atoms with van der Waals surface area (Å²) in [4.78, 5) is 16.1. The number of aliphatic hydroxyl groups is 1. The number of nitrogens with zero attached hydrogens (tertiary/aromatic N) is 2. The topological polar surface area (TPSA) is 71.5 Å². The molecule has 0 bridgehead atoms. The van der Waals surface area contributed by atoms with E-state index in [9.17, 15) is 9.90 Å². The first-order chi connectivity index (χ1) is 13.8. The zero-order valence-electron chi connectivity index (χ0n) is 18.4. The fraction of sp³-hybridized carbons (Fsp3) is 0.682. The number of rotatable bonds is 10. The summed E-state index contributed by atoms with van der Waals surface area (Å²) in [5.41, 5.74) is 1.12. The van der Waals surface area contributed by atoms with Crippen molar-refractivity contribution >= 4 is 5.97 Å². The summed E-state index contributed by atoms with van der Waals surface area (Å²) in [5.74, 6) is 1.20. The Balaban J connectivity index is 1.92. The van der Waals surface area contributed by atoms with Crippen LogP contribution in [0.15, 0.2) is 18.2 Å². The zero-order chi connectivity index (χ0) is 21.4. The number of piperidine rings is 1. The van der Waals surface area contributed by atoms with Crippen LogP contribution >= 0.6 is 0 Å². The molecule has 2 rings (SSSR count). The molecule has 0 amide bonds. The van der Waals surface area contributed by atoms with E-state index in [0.29, 0.717) is 24.1 Å². The van der Waals surface area contributed by atoms with Crippen molar-refractivity contribution in [2.45, 2.75) is 45.4 Å². The van der Waals surface area contributed by atoms with E-state index in [1.807, 2.05) is 25.2 Å². The number of aliphatic hydroxyl groups excluding tert-OH is 1. The van der Waals surface area contributed by atoms with Gasteiger partial charge in [-0.1, -0.05) is 6.07 Å². The molecule has 1 fully saturated rings. The van der Waals surface area contributed by atoms with Crippen LogP contribution in [0.1, 0.15) is 32.3 Å². The maximum atomic E-state index is 11.7. The first-order valence-corrected chi connectivity index (χ1v) is 10.3. The van der Waals surface area contributed by atoms with E-state index in [-0.39, 0.29) is 18.5 Å². The van der Waals surface area contributed by atoms with Gasteiger partial charge in [-0.25, -0.2) is 0 Å². The molecular formula is C22H36N2O5. The number of carbonyl (C=O) groups excluding carboxylic acids is 1. The van der Waals surface area contributed by atoms with Crippen molar-refractivity contribution in [1.82, 2.24) is 9.80 Å². The quantitative estimate of drug-likeness (QED) is 0.595. The molecule has 1 aliphatic heterocycles. The van der Waals surface area contributed by atoms with E-state index in [0.717, 1.165) is 38.0 Å². The summed E-state index contributed by atoms with van der Waals surface area (Å²) >= 11 is 0. The molecule has 1 aromatic rings. The predicted octanol–water partition coefficient (Wildman–Crippen LogP) is 2.16. The molecular weight excluding hydrogens is 372 g/mol. The maximum Gasteiger partial charge on any atom is 0.308 e. The molecule has 0 spiro atoms. The molecule has 1 aliphatic rings. The molecule has 1 N–H and O–H groups in total. The van der Waals surface area contributed by atoms with Gasteiger partial charge in [-0.15, -0.1) is 0 Å². The van der Waals surface area contributed by atoms with Gasteiger partial charge in [0.25, 0.3) is 0 Å². The molecule has 1 heterocycles. The highest BCUT2D eigenvalue weighted by molar-refractivity contribution is 5.72. The summed E-state index contributed by atoms with van der Waals surface area (Å²) in [7, 11) is 5.05. The number of carbonyl (C=O) groups is 1. The van der Waals surface area contributed by atoms with E-state index in [4.69, 9.17) is 14.2 Å². The lowest BCUT2D eigenvalue weighted by atomic mass is 9.96. The van der Waals surface area contributed by atoms with Crippen LogP contribution in [0.5, 0.6) is 11.5 Å². The molecule has 1 aromatic carbocycles. The van der Waals surface area contributed by atoms with Gasteiger partial charge in [0, 0.05) is 19.1 Å². The first kappa shape index (κ1) is 23.4. The number of methoxy groups -OCH3 is 2. The first-order valence-electron chi connectivity index (χ1n) is 10.3. The van der Waals surface area contributed by atoms with Crippen molar-refractivity contribution in [3.63, 3.8) is 0 Å². The third-order valence-electron chi connectivity index (χ3n) is 5.57. The number of likely N-dealkylation sites (tertiary alicyclic amines) is 1. The Labute approximate surface area is 174 Å². The lowest BCUT2D eigenvalue weighted by Gasteiger charge is -2.30. The average molecular weight is 409 g/mol. The fourth-order valence-electron chi connectivity index (χ4n) is 3.47. The normalized spacial score (nSPS) is 16.8. The monoisotopic (exact) mass is 408 g/mol. The molecule has 1 saturated heterocycles. The Bertz CT molecular complexity index is 644. The molecule has 1 unspecified atom stereocenters. The lowest BCUT2D eigenvalue weighted by molar-refractivity contribution is -0.147. The van der Waals surface area contributed by atoms with E-state index in [1.54, 1.807) is 7.11 Å². The Morgan fingerprint density at radius 2 is 1.93 bits per heavy atom. The summed E-state index contributed by atoms with van der Waals surface area (Å²) in [6.07, 6.45) is 1.07. The molecule has 0 aliphatic carbocycles. The van der Waals surface area contributed by atoms with Crippen molar-refractivity contribution in [3.05, 3.63) is 23.8 Å². The summed E-state index contributed by atoms with van der Waals surface area (Å²) in [6, 6.07) is 6.27. The third-order valence-corrected chi connectivity index (χ3v) is 5.57. The number of hydrogen-bond donors (Lipinski definition) is 1. The van der Waals surface area contributed by atoms with Crippen molar-refractivity contribution in [2.75, 3.05) is 47.5 Å². The zero-order valence-corrected chi connectivity index (χ0v) is 18.4. The van der Waals surface area contributed by atoms with Gasteiger partial charge in [0.2, 0.25) is 0 Å². The molecule has 1 atom stereocenters. The van der Waals surface area contributed by atoms with Gasteiger partial charge in [-0.2, -0.15) is 0 Å². The van der Waals surface area contributed by atoms with Crippen LogP contribution in [-0.4, -0.2) is 80.5 Å². The van der Waals surface area contributed by atoms with Crippen molar-refractivity contribution < 1.29 is 24.1 Å². The number of ether oxygens (including phenoxy) is 3. The van der Waals surface area contributed by atoms with Gasteiger partial charge in [0.05, 0.1) is 20.1 Å². The van der Waals surface area contributed by atoms with Crippen LogP contribution in [0.25, 0.3) is 0 Å². The second-order valence-corrected chi connectivity index (χ2v) is 8.06. The minimum Gasteiger partial charge on any atom is -0.493 e. The summed E-state index contributed by atoms with van der Waals surface area (Å²) in [6.45, 7) is 7.45. The van der Waals surface area contributed by atoms with Crippen LogP contribution in [0, 0.1) is 5.92 Å². The smallest absolute Gasteiger partial charge is 0.308 e. The van der Waals surface area contributed by atoms with Crippen LogP contribution in [0.2, 0.25) is 0 Å². The Kier molecular flexibility index (Phi) is 9.20. The van der Waals surface area contributed by atoms with Gasteiger partial charge in [0.15, 0.2) is 11.5 Å². The van der Waals surface area contributed by atoms with Crippen LogP contribution in [0.4, 0.5) is 0 Å². The Morgan fingerprint density at radius 1 is 1.24 bits per heavy atom. The highest BCUT2D eigenvalue weighted by Gasteiger charge is 2.25. The minimum atomic E-state index is -0.576. The average Bonchev–Trinajstić information content (AvgIpc) is 2.72. The number of likely N-dealkylation sites (N-methyl/N-ethyl adjacent to an activating group) is 1. The van der Waals surface area contributed by atoms with Gasteiger partial charge < -0.3 is 24.2 Å². The van der Waals surface area contributed by atoms with Crippen LogP contribution in [-0.2, 0) is 16.1 Å². The van der Waals surface area contributed by atoms with Crippen molar-refractivity contribution in [2.24, 2.45) is 5.92 Å². The highest BCUT2D eigenvalue weighted by atomic mass is 16.5. The lowest BCUT2D eigenvalue weighted by Crippen LogP contribution is -2.37. The molecule has 29 heavy (non-hydrogen) atoms. The van der Waals surface area contributed by atoms with Gasteiger partial charge in [-0.05, 0) is 64.5 Å². The number of hydrogen-bond acceptors (Lipinski definition) is 7. The van der Waals surface area contributed by atoms with Gasteiger partial charge in [-0.3, -0.25) is 9.69 Å². The summed E-state index contributed by atoms with van der Waals surface area (Å²) < 4.78 is 16.2. The minimum absolute atomic E-state index is 0.0106. The fourth-order valence-corrected chi connectivity index (χ4v) is 3.47. The number of esters is 1. The second-order valence-electron chi connectivity index (χ2n) is 8.06. The van der Waals surface area contributed by atoms with Crippen molar-refractivity contribution in [3.8, 4) is 11.5 Å². The maximum absolute atomic E-state index is 11.7. The molecule has 0 aromatic heterocycles. The van der Waals surface area contributed by atoms with E-state index >= 15 is 0 Å². The van der Waals surface area contributed by atoms with E-state index in [2.05, 4.69) is 23.6 Å². The predicted molar refractivity (Wildman–Crippen MR) is 112 cm³/mol. The van der Waals surface area contributed by atoms with Gasteiger partial charge in [0.1, 0.15) is 12.7 Å². The number of benzene rings is 1. The standard InChI is InChI=1S/C22H36N2O5/c1-16(2)23(3)14-19(25)15-29-21-12-17(6-7-20(21)27-4)13-24-10-8-18(9-11-24)22(26)28-5/h6-7,12,16,18-19,25H,8-11,13-15H2,1-5H3. The molecule has 7 nitrogen and oxygen atoms in total. The van der Waals surface area contributed by atoms with E-state index < -0.39 is 6.10 Å². The van der Waals surface area contributed by atoms with Gasteiger partial charge >= 0.3 is 5.97 Å². The third kappa shape index (κ3) is 7.17. The SMILES string of the molecule is COC(=O)C1CCN(Cc2ccc(OC)c(OCC(O)CN(C)C(C)C)c2)CC1. The molecule has 7 heteroatoms. The van der Waals surface area contributed by atoms with E-state index in [1.165, 1.54) is 7.11 Å².